The van der Waals surface area contributed by atoms with Crippen LogP contribution in [0.3, 0.4) is 0 Å². The first-order valence-corrected chi connectivity index (χ1v) is 27.2. The molecule has 0 bridgehead atoms. The van der Waals surface area contributed by atoms with Crippen molar-refractivity contribution in [2.24, 2.45) is 16.3 Å². The molecule has 474 valence electrons. The molecule has 0 amide bonds. The Bertz CT molecular complexity index is 2990. The molecular formula is C59H50BF24NOP-. The number of ether oxygens (including phenoxy) is 1. The van der Waals surface area contributed by atoms with E-state index in [1.807, 2.05) is 0 Å². The predicted octanol–water partition coefficient (Wildman–Crippen LogP) is 17.4. The van der Waals surface area contributed by atoms with E-state index in [4.69, 9.17) is 9.73 Å². The second kappa shape index (κ2) is 23.9. The molecule has 0 radical (unpaired) electrons. The van der Waals surface area contributed by atoms with Crippen LogP contribution in [0, 0.1) is 39.0 Å². The zero-order chi connectivity index (χ0) is 66.1. The van der Waals surface area contributed by atoms with Gasteiger partial charge in [0.1, 0.15) is 12.8 Å². The maximum atomic E-state index is 14.2. The topological polar surface area (TPSA) is 21.6 Å². The van der Waals surface area contributed by atoms with Crippen LogP contribution in [0.1, 0.15) is 101 Å². The Balaban J connectivity index is 0.000000337. The Hall–Kier alpha value is -6.40. The number of alkyl halides is 24. The first-order chi connectivity index (χ1) is 39.3. The smallest absolute Gasteiger partial charge is 0.416 e. The van der Waals surface area contributed by atoms with E-state index in [1.54, 1.807) is 0 Å². The van der Waals surface area contributed by atoms with Gasteiger partial charge in [0.2, 0.25) is 0 Å². The highest BCUT2D eigenvalue weighted by Gasteiger charge is 2.48. The van der Waals surface area contributed by atoms with Gasteiger partial charge in [0.15, 0.2) is 5.90 Å². The van der Waals surface area contributed by atoms with Gasteiger partial charge in [-0.2, -0.15) is 127 Å². The van der Waals surface area contributed by atoms with E-state index >= 15 is 0 Å². The van der Waals surface area contributed by atoms with Gasteiger partial charge in [-0.15, -0.1) is 0 Å². The Labute approximate surface area is 483 Å². The summed E-state index contributed by atoms with van der Waals surface area (Å²) in [5.41, 5.74) is -24.1. The largest absolute Gasteiger partial charge is 0.478 e. The van der Waals surface area contributed by atoms with Crippen molar-refractivity contribution in [1.29, 1.82) is 0 Å². The first-order valence-electron chi connectivity index (χ1n) is 25.8. The lowest BCUT2D eigenvalue weighted by atomic mass is 9.12. The van der Waals surface area contributed by atoms with Crippen LogP contribution in [0.5, 0.6) is 0 Å². The average Bonchev–Trinajstić information content (AvgIpc) is 1.04. The number of halogens is 24. The summed E-state index contributed by atoms with van der Waals surface area (Å²) < 4.78 is 347. The first kappa shape index (κ1) is 69.7. The lowest BCUT2D eigenvalue weighted by Crippen LogP contribution is -2.75. The highest BCUT2D eigenvalue weighted by Crippen LogP contribution is 2.48. The number of benzene rings is 6. The zero-order valence-corrected chi connectivity index (χ0v) is 47.7. The van der Waals surface area contributed by atoms with Crippen molar-refractivity contribution in [2.75, 3.05) is 6.61 Å². The van der Waals surface area contributed by atoms with Crippen LogP contribution in [-0.2, 0) is 54.1 Å². The van der Waals surface area contributed by atoms with E-state index in [0.717, 1.165) is 5.90 Å². The number of rotatable bonds is 9. The molecule has 2 nitrogen and oxygen atoms in total. The SMILES string of the molecule is Cc1cccc(C)c1P(c1c(C)cccc1C)C(C)C(C)C1=N[C@@H](C(C)(C)C)CO1.FC(F)(F)c1cc([B-](c2cc(C(F)(F)F)cc(C(F)(F)F)c2)(c2cc(C(F)(F)F)cc(C(F)(F)F)c2)c2cc(C(F)(F)F)cc(C(F)(F)F)c2)cc(C(F)(F)F)c1. The molecule has 0 spiro atoms. The Morgan fingerprint density at radius 2 is 0.609 bits per heavy atom. The summed E-state index contributed by atoms with van der Waals surface area (Å²) in [5.74, 6) is 1.23. The normalized spacial score (nSPS) is 15.9. The van der Waals surface area contributed by atoms with Crippen molar-refractivity contribution in [3.8, 4) is 0 Å². The minimum Gasteiger partial charge on any atom is -0.478 e. The molecule has 28 heteroatoms. The second-order valence-corrected chi connectivity index (χ2v) is 24.7. The number of hydrogen-bond donors (Lipinski definition) is 0. The summed E-state index contributed by atoms with van der Waals surface area (Å²) >= 11 is 0. The van der Waals surface area contributed by atoms with E-state index in [0.29, 0.717) is 12.3 Å². The van der Waals surface area contributed by atoms with E-state index < -0.39 is 203 Å². The third kappa shape index (κ3) is 15.4. The molecular weight excluding hydrogens is 1240 g/mol. The lowest BCUT2D eigenvalue weighted by molar-refractivity contribution is -0.144. The van der Waals surface area contributed by atoms with Crippen molar-refractivity contribution < 1.29 is 110 Å². The quantitative estimate of drug-likeness (QED) is 0.0803. The summed E-state index contributed by atoms with van der Waals surface area (Å²) in [6.45, 7) is 21.2. The van der Waals surface area contributed by atoms with Crippen molar-refractivity contribution in [3.63, 3.8) is 0 Å². The summed E-state index contributed by atoms with van der Waals surface area (Å²) in [5, 5.41) is 3.05. The summed E-state index contributed by atoms with van der Waals surface area (Å²) in [6.07, 6.45) is -54.8. The number of aryl methyl sites for hydroxylation is 4. The van der Waals surface area contributed by atoms with Crippen LogP contribution in [0.25, 0.3) is 0 Å². The zero-order valence-electron chi connectivity index (χ0n) is 46.8. The summed E-state index contributed by atoms with van der Waals surface area (Å²) in [7, 11) is -0.554. The Morgan fingerprint density at radius 1 is 0.391 bits per heavy atom. The van der Waals surface area contributed by atoms with Crippen LogP contribution < -0.4 is 32.5 Å². The van der Waals surface area contributed by atoms with Crippen LogP contribution >= 0.6 is 7.92 Å². The fourth-order valence-corrected chi connectivity index (χ4v) is 13.9. The van der Waals surface area contributed by atoms with Gasteiger partial charge in [-0.25, -0.2) is 4.99 Å². The fraction of sp³-hybridized carbons (Fsp3) is 0.373. The molecule has 87 heavy (non-hydrogen) atoms. The maximum Gasteiger partial charge on any atom is 0.416 e. The minimum absolute atomic E-state index is 0.134. The van der Waals surface area contributed by atoms with Gasteiger partial charge in [0, 0.05) is 5.92 Å². The Kier molecular flexibility index (Phi) is 19.1. The predicted molar refractivity (Wildman–Crippen MR) is 283 cm³/mol. The molecule has 7 rings (SSSR count). The number of aliphatic imine (C=N–C) groups is 1. The van der Waals surface area contributed by atoms with Crippen molar-refractivity contribution >= 4 is 52.4 Å². The summed E-state index contributed by atoms with van der Waals surface area (Å²) in [6, 6.07) is 4.86. The van der Waals surface area contributed by atoms with Crippen LogP contribution in [0.4, 0.5) is 105 Å². The van der Waals surface area contributed by atoms with Crippen LogP contribution in [0.2, 0.25) is 0 Å². The molecule has 0 fully saturated rings. The second-order valence-electron chi connectivity index (χ2n) is 22.3. The van der Waals surface area contributed by atoms with Gasteiger partial charge in [-0.3, -0.25) is 0 Å². The van der Waals surface area contributed by atoms with Gasteiger partial charge < -0.3 is 4.74 Å². The van der Waals surface area contributed by atoms with Crippen molar-refractivity contribution in [2.45, 2.75) is 123 Å². The minimum atomic E-state index is -6.13. The lowest BCUT2D eigenvalue weighted by Gasteiger charge is -2.46. The van der Waals surface area contributed by atoms with E-state index in [2.05, 4.69) is 98.7 Å². The van der Waals surface area contributed by atoms with Crippen LogP contribution in [-0.4, -0.2) is 30.4 Å². The maximum absolute atomic E-state index is 14.2. The van der Waals surface area contributed by atoms with E-state index in [1.165, 1.54) is 32.9 Å². The van der Waals surface area contributed by atoms with Gasteiger partial charge in [0.25, 0.3) is 0 Å². The molecule has 1 aliphatic heterocycles. The number of hydrogen-bond acceptors (Lipinski definition) is 2. The Morgan fingerprint density at radius 3 is 0.793 bits per heavy atom. The number of nitrogens with zero attached hydrogens (tertiary/aromatic N) is 1. The third-order valence-electron chi connectivity index (χ3n) is 15.0. The molecule has 6 aromatic carbocycles. The molecule has 1 aliphatic rings. The van der Waals surface area contributed by atoms with Gasteiger partial charge in [0.05, 0.1) is 50.5 Å². The molecule has 0 aromatic heterocycles. The standard InChI is InChI=1S/C32H12BF24.C27H38NOP/c34-25(35,36)13-1-14(26(37,38)39)6-21(5-13)33(22-7-15(27(40,41)42)2-16(8-22)28(43,44)45,23-9-17(29(46,47)48)3-18(10-23)30(49,50)51)24-11-19(31(52,53)54)4-20(12-24)32(55,56)57;1-17-12-10-13-18(2)24(17)30(25-19(3)14-11-15-20(25)4)22(6)21(5)26-28-23(16-29-26)27(7,8)9/h1-12H;10-15,21-23H,16H2,1-9H3/q-1;/t;21?,22?,23-/m.1/s1. The fourth-order valence-electron chi connectivity index (χ4n) is 10.5. The molecule has 0 saturated heterocycles. The highest BCUT2D eigenvalue weighted by atomic mass is 31.1. The highest BCUT2D eigenvalue weighted by molar-refractivity contribution is 7.74. The monoisotopic (exact) mass is 1290 g/mol. The molecule has 2 unspecified atom stereocenters. The summed E-state index contributed by atoms with van der Waals surface area (Å²) in [4.78, 5) is 5.04. The third-order valence-corrected chi connectivity index (χ3v) is 18.6. The van der Waals surface area contributed by atoms with E-state index in [-0.39, 0.29) is 17.4 Å². The molecule has 3 atom stereocenters. The molecule has 0 N–H and O–H groups in total. The molecule has 1 heterocycles. The van der Waals surface area contributed by atoms with Gasteiger partial charge >= 0.3 is 49.4 Å². The van der Waals surface area contributed by atoms with Crippen molar-refractivity contribution in [1.82, 2.24) is 0 Å². The van der Waals surface area contributed by atoms with Crippen LogP contribution in [0.15, 0.2) is 114 Å². The van der Waals surface area contributed by atoms with E-state index in [9.17, 15) is 105 Å². The van der Waals surface area contributed by atoms with Crippen molar-refractivity contribution in [3.05, 3.63) is 176 Å². The van der Waals surface area contributed by atoms with Gasteiger partial charge in [-0.05, 0) is 104 Å². The molecule has 6 aromatic rings. The molecule has 0 aliphatic carbocycles. The molecule has 0 saturated carbocycles. The van der Waals surface area contributed by atoms with Gasteiger partial charge in [-0.1, -0.05) is 120 Å². The average molecular weight is 1290 g/mol.